The number of benzene rings is 2. The smallest absolute Gasteiger partial charge is 0.243 e. The van der Waals surface area contributed by atoms with Gasteiger partial charge in [0.25, 0.3) is 0 Å². The Balaban J connectivity index is 1.77. The maximum atomic E-state index is 13.6. The van der Waals surface area contributed by atoms with E-state index in [0.717, 1.165) is 43.1 Å². The van der Waals surface area contributed by atoms with E-state index in [2.05, 4.69) is 22.9 Å². The van der Waals surface area contributed by atoms with Gasteiger partial charge >= 0.3 is 0 Å². The molecule has 2 aromatic rings. The molecule has 42 heavy (non-hydrogen) atoms. The highest BCUT2D eigenvalue weighted by atomic mass is 16.6. The molecule has 0 bridgehead atoms. The van der Waals surface area contributed by atoms with Gasteiger partial charge in [-0.05, 0) is 43.0 Å². The largest absolute Gasteiger partial charge is 0.399 e. The first kappa shape index (κ1) is 32.8. The first-order valence-electron chi connectivity index (χ1n) is 15.1. The SMILES string of the molecule is CCCCCC(=O)N[C@@H](Cc1ccc(N)cc1)C(=O)N[C@@H](CCCC)C(=O)NC(C=O)[C@H](c1ccccc1)[C@]1(C)CO1. The first-order chi connectivity index (χ1) is 20.2. The second kappa shape index (κ2) is 16.1. The Morgan fingerprint density at radius 1 is 0.905 bits per heavy atom. The van der Waals surface area contributed by atoms with Crippen molar-refractivity contribution in [3.8, 4) is 0 Å². The molecular formula is C33H46N4O5. The second-order valence-electron chi connectivity index (χ2n) is 11.4. The van der Waals surface area contributed by atoms with E-state index >= 15 is 0 Å². The van der Waals surface area contributed by atoms with Crippen LogP contribution in [0.5, 0.6) is 0 Å². The lowest BCUT2D eigenvalue weighted by atomic mass is 9.81. The fourth-order valence-electron chi connectivity index (χ4n) is 5.20. The maximum absolute atomic E-state index is 13.6. The number of carbonyl (C=O) groups excluding carboxylic acids is 4. The molecule has 9 heteroatoms. The molecule has 1 fully saturated rings. The summed E-state index contributed by atoms with van der Waals surface area (Å²) in [4.78, 5) is 52.3. The van der Waals surface area contributed by atoms with Crippen molar-refractivity contribution in [3.63, 3.8) is 0 Å². The van der Waals surface area contributed by atoms with Crippen LogP contribution in [-0.2, 0) is 30.3 Å². The summed E-state index contributed by atoms with van der Waals surface area (Å²) in [5.74, 6) is -1.49. The molecule has 5 N–H and O–H groups in total. The van der Waals surface area contributed by atoms with Crippen molar-refractivity contribution in [2.75, 3.05) is 12.3 Å². The molecule has 0 saturated carbocycles. The molecule has 3 amide bonds. The van der Waals surface area contributed by atoms with Crippen LogP contribution in [0.2, 0.25) is 0 Å². The summed E-state index contributed by atoms with van der Waals surface area (Å²) in [7, 11) is 0. The van der Waals surface area contributed by atoms with Gasteiger partial charge in [0.2, 0.25) is 17.7 Å². The van der Waals surface area contributed by atoms with E-state index in [0.29, 0.717) is 31.6 Å². The van der Waals surface area contributed by atoms with E-state index in [1.165, 1.54) is 0 Å². The van der Waals surface area contributed by atoms with E-state index in [9.17, 15) is 19.2 Å². The Hall–Kier alpha value is -3.72. The summed E-state index contributed by atoms with van der Waals surface area (Å²) in [6, 6.07) is 14.0. The number of nitrogens with one attached hydrogen (secondary N) is 3. The number of nitrogens with two attached hydrogens (primary N) is 1. The van der Waals surface area contributed by atoms with Crippen LogP contribution in [0.25, 0.3) is 0 Å². The van der Waals surface area contributed by atoms with Crippen LogP contribution in [-0.4, -0.2) is 54.3 Å². The highest BCUT2D eigenvalue weighted by molar-refractivity contribution is 5.93. The number of hydrogen-bond acceptors (Lipinski definition) is 6. The van der Waals surface area contributed by atoms with E-state index in [-0.39, 0.29) is 18.2 Å². The van der Waals surface area contributed by atoms with E-state index in [4.69, 9.17) is 10.5 Å². The number of unbranched alkanes of at least 4 members (excludes halogenated alkanes) is 3. The third-order valence-electron chi connectivity index (χ3n) is 7.79. The normalized spacial score (nSPS) is 18.6. The lowest BCUT2D eigenvalue weighted by Gasteiger charge is -2.30. The van der Waals surface area contributed by atoms with Crippen LogP contribution < -0.4 is 21.7 Å². The van der Waals surface area contributed by atoms with Crippen LogP contribution in [0.4, 0.5) is 5.69 Å². The van der Waals surface area contributed by atoms with Crippen molar-refractivity contribution in [2.45, 2.75) is 102 Å². The number of aldehydes is 1. The monoisotopic (exact) mass is 578 g/mol. The molecule has 0 spiro atoms. The van der Waals surface area contributed by atoms with Crippen molar-refractivity contribution < 1.29 is 23.9 Å². The number of ether oxygens (including phenoxy) is 1. The average molecular weight is 579 g/mol. The van der Waals surface area contributed by atoms with Crippen molar-refractivity contribution >= 4 is 29.7 Å². The molecule has 1 aliphatic heterocycles. The molecule has 1 aliphatic rings. The Labute approximate surface area is 249 Å². The minimum atomic E-state index is -0.879. The third-order valence-corrected chi connectivity index (χ3v) is 7.79. The fraction of sp³-hybridized carbons (Fsp3) is 0.515. The number of epoxide rings is 1. The summed E-state index contributed by atoms with van der Waals surface area (Å²) in [5, 5.41) is 8.65. The number of amides is 3. The molecule has 0 radical (unpaired) electrons. The van der Waals surface area contributed by atoms with Crippen LogP contribution in [0, 0.1) is 0 Å². The molecule has 0 aliphatic carbocycles. The minimum Gasteiger partial charge on any atom is -0.399 e. The molecule has 5 atom stereocenters. The van der Waals surface area contributed by atoms with Crippen LogP contribution in [0.3, 0.4) is 0 Å². The summed E-state index contributed by atoms with van der Waals surface area (Å²) in [6.07, 6.45) is 5.85. The van der Waals surface area contributed by atoms with Gasteiger partial charge in [0.15, 0.2) is 0 Å². The van der Waals surface area contributed by atoms with Gasteiger partial charge in [-0.15, -0.1) is 0 Å². The van der Waals surface area contributed by atoms with Gasteiger partial charge in [0.1, 0.15) is 18.4 Å². The number of rotatable bonds is 18. The minimum absolute atomic E-state index is 0.210. The molecule has 3 rings (SSSR count). The van der Waals surface area contributed by atoms with Gasteiger partial charge in [-0.1, -0.05) is 82.0 Å². The van der Waals surface area contributed by atoms with Gasteiger partial charge in [-0.3, -0.25) is 14.4 Å². The molecular weight excluding hydrogens is 532 g/mol. The second-order valence-corrected chi connectivity index (χ2v) is 11.4. The lowest BCUT2D eigenvalue weighted by molar-refractivity contribution is -0.133. The molecule has 1 unspecified atom stereocenters. The predicted octanol–water partition coefficient (Wildman–Crippen LogP) is 3.81. The summed E-state index contributed by atoms with van der Waals surface area (Å²) in [5.41, 5.74) is 7.57. The number of anilines is 1. The van der Waals surface area contributed by atoms with E-state index < -0.39 is 35.5 Å². The van der Waals surface area contributed by atoms with E-state index in [1.807, 2.05) is 56.3 Å². The van der Waals surface area contributed by atoms with Gasteiger partial charge < -0.3 is 31.2 Å². The van der Waals surface area contributed by atoms with Crippen LogP contribution >= 0.6 is 0 Å². The van der Waals surface area contributed by atoms with Gasteiger partial charge in [-0.25, -0.2) is 0 Å². The molecule has 2 aromatic carbocycles. The zero-order valence-corrected chi connectivity index (χ0v) is 25.1. The number of carbonyl (C=O) groups is 4. The third kappa shape index (κ3) is 9.69. The zero-order chi connectivity index (χ0) is 30.5. The van der Waals surface area contributed by atoms with Gasteiger partial charge in [0, 0.05) is 24.4 Å². The van der Waals surface area contributed by atoms with Crippen molar-refractivity contribution in [1.82, 2.24) is 16.0 Å². The standard InChI is InChI=1S/C33H46N4O5/c1-4-6-9-15-29(39)35-27(20-23-16-18-25(34)19-17-23)32(41)36-26(14-7-5-2)31(40)37-28(21-38)30(33(3)22-42-33)24-12-10-8-11-13-24/h8,10-13,16-19,21,26-28,30H,4-7,9,14-15,20,22,34H2,1-3H3,(H,35,39)(H,36,41)(H,37,40)/t26-,27-,28?,30-,33-/m0/s1. The summed E-state index contributed by atoms with van der Waals surface area (Å²) >= 11 is 0. The zero-order valence-electron chi connectivity index (χ0n) is 25.1. The maximum Gasteiger partial charge on any atom is 0.243 e. The molecule has 9 nitrogen and oxygen atoms in total. The molecule has 228 valence electrons. The Morgan fingerprint density at radius 2 is 1.55 bits per heavy atom. The predicted molar refractivity (Wildman–Crippen MR) is 164 cm³/mol. The average Bonchev–Trinajstić information content (AvgIpc) is 3.73. The first-order valence-corrected chi connectivity index (χ1v) is 15.1. The lowest BCUT2D eigenvalue weighted by Crippen LogP contribution is -2.56. The molecule has 1 saturated heterocycles. The van der Waals surface area contributed by atoms with Crippen LogP contribution in [0.1, 0.15) is 82.8 Å². The van der Waals surface area contributed by atoms with Crippen molar-refractivity contribution in [3.05, 3.63) is 65.7 Å². The number of hydrogen-bond donors (Lipinski definition) is 4. The topological polar surface area (TPSA) is 143 Å². The van der Waals surface area contributed by atoms with Gasteiger partial charge in [-0.2, -0.15) is 0 Å². The number of nitrogen functional groups attached to an aromatic ring is 1. The summed E-state index contributed by atoms with van der Waals surface area (Å²) in [6.45, 7) is 6.47. The highest BCUT2D eigenvalue weighted by Gasteiger charge is 2.51. The summed E-state index contributed by atoms with van der Waals surface area (Å²) < 4.78 is 5.71. The van der Waals surface area contributed by atoms with E-state index in [1.54, 1.807) is 12.1 Å². The van der Waals surface area contributed by atoms with Crippen LogP contribution in [0.15, 0.2) is 54.6 Å². The Bertz CT molecular complexity index is 1170. The highest BCUT2D eigenvalue weighted by Crippen LogP contribution is 2.43. The molecule has 1 heterocycles. The van der Waals surface area contributed by atoms with Gasteiger partial charge in [0.05, 0.1) is 18.2 Å². The van der Waals surface area contributed by atoms with Crippen molar-refractivity contribution in [1.29, 1.82) is 0 Å². The van der Waals surface area contributed by atoms with Crippen molar-refractivity contribution in [2.24, 2.45) is 0 Å². The quantitative estimate of drug-likeness (QED) is 0.0917. The Kier molecular flexibility index (Phi) is 12.5. The molecule has 0 aromatic heterocycles. The fourth-order valence-corrected chi connectivity index (χ4v) is 5.20. The Morgan fingerprint density at radius 3 is 2.14 bits per heavy atom.